The summed E-state index contributed by atoms with van der Waals surface area (Å²) in [7, 11) is 1.49. The number of aliphatic hydroxyl groups is 1. The summed E-state index contributed by atoms with van der Waals surface area (Å²) < 4.78 is 19.2. The van der Waals surface area contributed by atoms with Crippen LogP contribution >= 0.6 is 11.6 Å². The van der Waals surface area contributed by atoms with E-state index in [1.165, 1.54) is 13.2 Å². The minimum absolute atomic E-state index is 0.105. The summed E-state index contributed by atoms with van der Waals surface area (Å²) in [6, 6.07) is 11.2. The summed E-state index contributed by atoms with van der Waals surface area (Å²) in [4.78, 5) is 0. The molecule has 2 atom stereocenters. The van der Waals surface area contributed by atoms with Gasteiger partial charge in [-0.3, -0.25) is 0 Å². The maximum absolute atomic E-state index is 13.9. The van der Waals surface area contributed by atoms with Gasteiger partial charge >= 0.3 is 0 Å². The first kappa shape index (κ1) is 15.8. The van der Waals surface area contributed by atoms with Crippen LogP contribution in [0.5, 0.6) is 5.75 Å². The molecule has 0 spiro atoms. The van der Waals surface area contributed by atoms with E-state index in [9.17, 15) is 9.50 Å². The highest BCUT2D eigenvalue weighted by atomic mass is 35.5. The fourth-order valence-corrected chi connectivity index (χ4v) is 2.51. The van der Waals surface area contributed by atoms with Crippen LogP contribution in [0.4, 0.5) is 4.39 Å². The van der Waals surface area contributed by atoms with E-state index >= 15 is 0 Å². The molecule has 112 valence electrons. The van der Waals surface area contributed by atoms with Gasteiger partial charge in [-0.25, -0.2) is 4.39 Å². The predicted molar refractivity (Wildman–Crippen MR) is 81.2 cm³/mol. The van der Waals surface area contributed by atoms with Crippen molar-refractivity contribution in [3.8, 4) is 5.75 Å². The van der Waals surface area contributed by atoms with E-state index in [-0.39, 0.29) is 12.4 Å². The van der Waals surface area contributed by atoms with E-state index in [0.717, 1.165) is 0 Å². The first-order valence-corrected chi connectivity index (χ1v) is 6.92. The van der Waals surface area contributed by atoms with Crippen LogP contribution in [-0.2, 0) is 0 Å². The second-order valence-electron chi connectivity index (χ2n) is 4.69. The Balaban J connectivity index is 2.41. The number of nitrogens with two attached hydrogens (primary N) is 1. The molecule has 0 radical (unpaired) electrons. The van der Waals surface area contributed by atoms with E-state index in [4.69, 9.17) is 22.1 Å². The monoisotopic (exact) mass is 309 g/mol. The number of aliphatic hydroxyl groups excluding tert-OH is 1. The molecule has 3 nitrogen and oxygen atoms in total. The third-order valence-electron chi connectivity index (χ3n) is 3.45. The lowest BCUT2D eigenvalue weighted by atomic mass is 9.88. The molecule has 2 unspecified atom stereocenters. The van der Waals surface area contributed by atoms with Gasteiger partial charge in [-0.05, 0) is 23.8 Å². The van der Waals surface area contributed by atoms with E-state index in [1.807, 2.05) is 0 Å². The van der Waals surface area contributed by atoms with E-state index in [2.05, 4.69) is 0 Å². The molecule has 2 aromatic rings. The van der Waals surface area contributed by atoms with Crippen LogP contribution in [0, 0.1) is 5.82 Å². The fourth-order valence-electron chi connectivity index (χ4n) is 2.35. The third kappa shape index (κ3) is 3.35. The number of benzene rings is 2. The van der Waals surface area contributed by atoms with Crippen molar-refractivity contribution in [1.82, 2.24) is 0 Å². The molecule has 3 N–H and O–H groups in total. The standard InChI is InChI=1S/C16H17ClFNO2/c1-21-15-8-10(17)6-7-12(15)16(20)13(9-19)11-4-2-3-5-14(11)18/h2-8,13,16,20H,9,19H2,1H3. The van der Waals surface area contributed by atoms with E-state index in [0.29, 0.717) is 21.9 Å². The van der Waals surface area contributed by atoms with Crippen LogP contribution in [0.1, 0.15) is 23.1 Å². The minimum atomic E-state index is -0.987. The molecule has 0 aliphatic rings. The van der Waals surface area contributed by atoms with Crippen molar-refractivity contribution in [3.63, 3.8) is 0 Å². The number of ether oxygens (including phenoxy) is 1. The Morgan fingerprint density at radius 3 is 2.57 bits per heavy atom. The van der Waals surface area contributed by atoms with Crippen molar-refractivity contribution >= 4 is 11.6 Å². The van der Waals surface area contributed by atoms with Crippen molar-refractivity contribution in [3.05, 3.63) is 64.4 Å². The molecule has 21 heavy (non-hydrogen) atoms. The first-order chi connectivity index (χ1) is 10.1. The van der Waals surface area contributed by atoms with Gasteiger partial charge in [0.15, 0.2) is 0 Å². The lowest BCUT2D eigenvalue weighted by Crippen LogP contribution is -2.21. The third-order valence-corrected chi connectivity index (χ3v) is 3.69. The Morgan fingerprint density at radius 2 is 1.95 bits per heavy atom. The molecule has 2 rings (SSSR count). The van der Waals surface area contributed by atoms with Crippen LogP contribution in [0.15, 0.2) is 42.5 Å². The van der Waals surface area contributed by atoms with Gasteiger partial charge < -0.3 is 15.6 Å². The minimum Gasteiger partial charge on any atom is -0.496 e. The second-order valence-corrected chi connectivity index (χ2v) is 5.13. The molecule has 2 aromatic carbocycles. The summed E-state index contributed by atoms with van der Waals surface area (Å²) in [6.45, 7) is 0.105. The maximum Gasteiger partial charge on any atom is 0.126 e. The molecule has 0 saturated heterocycles. The number of hydrogen-bond donors (Lipinski definition) is 2. The van der Waals surface area contributed by atoms with Crippen molar-refractivity contribution in [1.29, 1.82) is 0 Å². The van der Waals surface area contributed by atoms with Gasteiger partial charge in [-0.2, -0.15) is 0 Å². The zero-order chi connectivity index (χ0) is 15.4. The molecule has 0 aliphatic carbocycles. The quantitative estimate of drug-likeness (QED) is 0.891. The van der Waals surface area contributed by atoms with Crippen LogP contribution in [0.25, 0.3) is 0 Å². The first-order valence-electron chi connectivity index (χ1n) is 6.54. The van der Waals surface area contributed by atoms with Gasteiger partial charge in [0, 0.05) is 23.0 Å². The van der Waals surface area contributed by atoms with Gasteiger partial charge in [0.05, 0.1) is 13.2 Å². The Hall–Kier alpha value is -1.62. The zero-order valence-electron chi connectivity index (χ0n) is 11.6. The Morgan fingerprint density at radius 1 is 1.24 bits per heavy atom. The molecule has 0 amide bonds. The van der Waals surface area contributed by atoms with Crippen molar-refractivity contribution in [2.24, 2.45) is 5.73 Å². The molecule has 0 heterocycles. The molecule has 5 heteroatoms. The highest BCUT2D eigenvalue weighted by Gasteiger charge is 2.26. The van der Waals surface area contributed by atoms with Crippen molar-refractivity contribution < 1.29 is 14.2 Å². The van der Waals surface area contributed by atoms with Crippen LogP contribution in [0.2, 0.25) is 5.02 Å². The average molecular weight is 310 g/mol. The molecule has 0 aromatic heterocycles. The summed E-state index contributed by atoms with van der Waals surface area (Å²) in [5.74, 6) is -0.508. The topological polar surface area (TPSA) is 55.5 Å². The zero-order valence-corrected chi connectivity index (χ0v) is 12.3. The summed E-state index contributed by atoms with van der Waals surface area (Å²) in [6.07, 6.45) is -0.987. The molecule has 0 bridgehead atoms. The summed E-state index contributed by atoms with van der Waals surface area (Å²) in [5.41, 5.74) is 6.65. The normalized spacial score (nSPS) is 13.8. The van der Waals surface area contributed by atoms with Gasteiger partial charge in [-0.15, -0.1) is 0 Å². The highest BCUT2D eigenvalue weighted by Crippen LogP contribution is 2.37. The predicted octanol–water partition coefficient (Wildman–Crippen LogP) is 3.26. The number of halogens is 2. The maximum atomic E-state index is 13.9. The largest absolute Gasteiger partial charge is 0.496 e. The van der Waals surface area contributed by atoms with E-state index < -0.39 is 12.0 Å². The van der Waals surface area contributed by atoms with Crippen LogP contribution < -0.4 is 10.5 Å². The SMILES string of the molecule is COc1cc(Cl)ccc1C(O)C(CN)c1ccccc1F. The van der Waals surface area contributed by atoms with Crippen molar-refractivity contribution in [2.45, 2.75) is 12.0 Å². The fraction of sp³-hybridized carbons (Fsp3) is 0.250. The number of rotatable bonds is 5. The van der Waals surface area contributed by atoms with E-state index in [1.54, 1.807) is 36.4 Å². The summed E-state index contributed by atoms with van der Waals surface area (Å²) in [5, 5.41) is 11.1. The summed E-state index contributed by atoms with van der Waals surface area (Å²) >= 11 is 5.91. The molecule has 0 aliphatic heterocycles. The number of methoxy groups -OCH3 is 1. The Bertz CT molecular complexity index is 621. The molecular formula is C16H17ClFNO2. The van der Waals surface area contributed by atoms with Crippen LogP contribution in [0.3, 0.4) is 0 Å². The lowest BCUT2D eigenvalue weighted by molar-refractivity contribution is 0.142. The van der Waals surface area contributed by atoms with Gasteiger partial charge in [0.2, 0.25) is 0 Å². The van der Waals surface area contributed by atoms with Crippen molar-refractivity contribution in [2.75, 3.05) is 13.7 Å². The second kappa shape index (κ2) is 6.89. The number of hydrogen-bond acceptors (Lipinski definition) is 3. The lowest BCUT2D eigenvalue weighted by Gasteiger charge is -2.24. The molecular weight excluding hydrogens is 293 g/mol. The smallest absolute Gasteiger partial charge is 0.126 e. The molecule has 0 saturated carbocycles. The highest BCUT2D eigenvalue weighted by molar-refractivity contribution is 6.30. The average Bonchev–Trinajstić information content (AvgIpc) is 2.49. The van der Waals surface area contributed by atoms with Gasteiger partial charge in [0.1, 0.15) is 11.6 Å². The molecule has 0 fully saturated rings. The van der Waals surface area contributed by atoms with Gasteiger partial charge in [-0.1, -0.05) is 35.9 Å². The Labute approximate surface area is 128 Å². The van der Waals surface area contributed by atoms with Gasteiger partial charge in [0.25, 0.3) is 0 Å². The van der Waals surface area contributed by atoms with Crippen LogP contribution in [-0.4, -0.2) is 18.8 Å². The Kier molecular flexibility index (Phi) is 5.17.